The first-order valence-corrected chi connectivity index (χ1v) is 9.11. The highest BCUT2D eigenvalue weighted by Crippen LogP contribution is 2.30. The van der Waals surface area contributed by atoms with Crippen molar-refractivity contribution in [2.24, 2.45) is 5.92 Å². The number of alkyl halides is 3. The zero-order valence-electron chi connectivity index (χ0n) is 16.3. The summed E-state index contributed by atoms with van der Waals surface area (Å²) in [4.78, 5) is 17.6. The molecular weight excluding hydrogens is 442 g/mol. The molecule has 1 aliphatic rings. The van der Waals surface area contributed by atoms with E-state index >= 15 is 0 Å². The Morgan fingerprint density at radius 1 is 1.20 bits per heavy atom. The second kappa shape index (κ2) is 11.4. The minimum atomic E-state index is -4.43. The van der Waals surface area contributed by atoms with Crippen LogP contribution in [-0.2, 0) is 11.0 Å². The number of hydrogen-bond donors (Lipinski definition) is 1. The summed E-state index contributed by atoms with van der Waals surface area (Å²) < 4.78 is 43.1. The van der Waals surface area contributed by atoms with E-state index in [9.17, 15) is 18.0 Å². The van der Waals surface area contributed by atoms with Crippen LogP contribution in [-0.4, -0.2) is 31.0 Å². The third kappa shape index (κ3) is 7.04. The van der Waals surface area contributed by atoms with Gasteiger partial charge in [-0.2, -0.15) is 13.2 Å². The molecule has 10 heteroatoms. The lowest BCUT2D eigenvalue weighted by atomic mass is 10.0. The van der Waals surface area contributed by atoms with Crippen LogP contribution < -0.4 is 15.0 Å². The maximum atomic E-state index is 12.6. The fourth-order valence-corrected chi connectivity index (χ4v) is 3.07. The fourth-order valence-electron chi connectivity index (χ4n) is 3.07. The van der Waals surface area contributed by atoms with E-state index in [1.165, 1.54) is 6.07 Å². The zero-order chi connectivity index (χ0) is 20.1. The zero-order valence-corrected chi connectivity index (χ0v) is 17.9. The Morgan fingerprint density at radius 3 is 2.43 bits per heavy atom. The van der Waals surface area contributed by atoms with E-state index in [1.54, 1.807) is 36.2 Å². The number of ether oxygens (including phenoxy) is 1. The smallest absolute Gasteiger partial charge is 0.417 e. The largest absolute Gasteiger partial charge is 0.439 e. The Hall–Kier alpha value is -2.03. The number of benzene rings is 1. The van der Waals surface area contributed by atoms with Crippen molar-refractivity contribution in [2.75, 3.05) is 25.0 Å². The molecule has 1 aliphatic heterocycles. The monoisotopic (exact) mass is 465 g/mol. The number of carbonyl (C=O) groups is 1. The number of nitrogens with one attached hydrogen (secondary N) is 1. The molecule has 30 heavy (non-hydrogen) atoms. The summed E-state index contributed by atoms with van der Waals surface area (Å²) in [5.41, 5.74) is -0.106. The third-order valence-electron chi connectivity index (χ3n) is 4.81. The van der Waals surface area contributed by atoms with Crippen LogP contribution in [0.4, 0.5) is 18.9 Å². The van der Waals surface area contributed by atoms with Crippen LogP contribution in [0.1, 0.15) is 24.8 Å². The molecule has 0 saturated carbocycles. The number of pyridine rings is 1. The molecule has 1 aromatic heterocycles. The Labute approximate surface area is 185 Å². The molecule has 1 unspecified atom stereocenters. The van der Waals surface area contributed by atoms with E-state index in [0.29, 0.717) is 18.1 Å². The maximum absolute atomic E-state index is 12.6. The molecule has 1 N–H and O–H groups in total. The van der Waals surface area contributed by atoms with Gasteiger partial charge >= 0.3 is 6.18 Å². The summed E-state index contributed by atoms with van der Waals surface area (Å²) in [6.45, 7) is 1.99. The third-order valence-corrected chi connectivity index (χ3v) is 4.81. The fraction of sp³-hybridized carbons (Fsp3) is 0.400. The van der Waals surface area contributed by atoms with E-state index in [0.717, 1.165) is 43.9 Å². The molecule has 5 nitrogen and oxygen atoms in total. The van der Waals surface area contributed by atoms with Crippen molar-refractivity contribution in [3.63, 3.8) is 0 Å². The highest BCUT2D eigenvalue weighted by Gasteiger charge is 2.30. The minimum Gasteiger partial charge on any atom is -0.439 e. The van der Waals surface area contributed by atoms with Gasteiger partial charge in [0.15, 0.2) is 0 Å². The van der Waals surface area contributed by atoms with E-state index in [-0.39, 0.29) is 36.6 Å². The van der Waals surface area contributed by atoms with E-state index in [2.05, 4.69) is 10.3 Å². The number of aromatic nitrogens is 1. The summed E-state index contributed by atoms with van der Waals surface area (Å²) in [5.74, 6) is 1.10. The Kier molecular flexibility index (Phi) is 9.87. The van der Waals surface area contributed by atoms with Crippen LogP contribution in [0.2, 0.25) is 0 Å². The normalized spacial score (nSPS) is 15.7. The number of carbonyl (C=O) groups excluding carboxylic acids is 1. The lowest BCUT2D eigenvalue weighted by molar-refractivity contribution is -0.137. The van der Waals surface area contributed by atoms with Crippen LogP contribution in [0.5, 0.6) is 11.6 Å². The van der Waals surface area contributed by atoms with Gasteiger partial charge in [-0.1, -0.05) is 0 Å². The molecule has 2 heterocycles. The van der Waals surface area contributed by atoms with Crippen molar-refractivity contribution in [3.8, 4) is 11.6 Å². The van der Waals surface area contributed by atoms with Crippen LogP contribution in [0, 0.1) is 5.92 Å². The number of amides is 1. The van der Waals surface area contributed by atoms with Gasteiger partial charge in [-0.15, -0.1) is 24.8 Å². The molecule has 3 rings (SSSR count). The summed E-state index contributed by atoms with van der Waals surface area (Å²) in [6, 6.07) is 8.86. The topological polar surface area (TPSA) is 54.5 Å². The van der Waals surface area contributed by atoms with Gasteiger partial charge in [-0.3, -0.25) is 4.79 Å². The van der Waals surface area contributed by atoms with Crippen LogP contribution in [0.15, 0.2) is 42.6 Å². The van der Waals surface area contributed by atoms with Gasteiger partial charge in [-0.05, 0) is 62.2 Å². The van der Waals surface area contributed by atoms with Crippen molar-refractivity contribution in [3.05, 3.63) is 48.2 Å². The highest BCUT2D eigenvalue weighted by molar-refractivity contribution is 5.92. The summed E-state index contributed by atoms with van der Waals surface area (Å²) >= 11 is 0. The molecule has 1 amide bonds. The van der Waals surface area contributed by atoms with Crippen molar-refractivity contribution in [1.29, 1.82) is 0 Å². The van der Waals surface area contributed by atoms with Gasteiger partial charge in [0.1, 0.15) is 5.75 Å². The summed E-state index contributed by atoms with van der Waals surface area (Å²) in [5, 5.41) is 3.29. The number of anilines is 1. The first kappa shape index (κ1) is 26.0. The first-order chi connectivity index (χ1) is 13.3. The van der Waals surface area contributed by atoms with Crippen molar-refractivity contribution in [2.45, 2.75) is 25.4 Å². The lowest BCUT2D eigenvalue weighted by Gasteiger charge is -2.18. The second-order valence-electron chi connectivity index (χ2n) is 6.83. The molecule has 0 bridgehead atoms. The predicted molar refractivity (Wildman–Crippen MR) is 114 cm³/mol. The quantitative estimate of drug-likeness (QED) is 0.645. The Balaban J connectivity index is 0.00000225. The minimum absolute atomic E-state index is 0. The number of nitrogens with zero attached hydrogens (tertiary/aromatic N) is 2. The predicted octanol–water partition coefficient (Wildman–Crippen LogP) is 5.09. The van der Waals surface area contributed by atoms with Gasteiger partial charge in [-0.25, -0.2) is 4.98 Å². The molecule has 0 spiro atoms. The summed E-state index contributed by atoms with van der Waals surface area (Å²) in [6.07, 6.45) is -1.22. The average molecular weight is 466 g/mol. The van der Waals surface area contributed by atoms with Crippen LogP contribution >= 0.6 is 24.8 Å². The van der Waals surface area contributed by atoms with Gasteiger partial charge in [0.2, 0.25) is 11.8 Å². The molecule has 1 fully saturated rings. The Bertz CT molecular complexity index is 796. The van der Waals surface area contributed by atoms with Crippen molar-refractivity contribution >= 4 is 36.4 Å². The number of hydrogen-bond acceptors (Lipinski definition) is 4. The number of halogens is 5. The molecular formula is C20H24Cl2F3N3O2. The van der Waals surface area contributed by atoms with Crippen LogP contribution in [0.25, 0.3) is 0 Å². The molecule has 0 aliphatic carbocycles. The van der Waals surface area contributed by atoms with Crippen molar-refractivity contribution < 1.29 is 22.7 Å². The van der Waals surface area contributed by atoms with Gasteiger partial charge in [0, 0.05) is 31.4 Å². The lowest BCUT2D eigenvalue weighted by Crippen LogP contribution is -2.26. The van der Waals surface area contributed by atoms with E-state index < -0.39 is 11.7 Å². The second-order valence-corrected chi connectivity index (χ2v) is 6.83. The molecule has 1 saturated heterocycles. The van der Waals surface area contributed by atoms with E-state index in [1.807, 2.05) is 0 Å². The maximum Gasteiger partial charge on any atom is 0.417 e. The van der Waals surface area contributed by atoms with Crippen LogP contribution in [0.3, 0.4) is 0 Å². The van der Waals surface area contributed by atoms with Gasteiger partial charge < -0.3 is 15.0 Å². The summed E-state index contributed by atoms with van der Waals surface area (Å²) in [7, 11) is 1.72. The average Bonchev–Trinajstić information content (AvgIpc) is 3.19. The van der Waals surface area contributed by atoms with Crippen molar-refractivity contribution in [1.82, 2.24) is 10.3 Å². The molecule has 2 aromatic rings. The highest BCUT2D eigenvalue weighted by atomic mass is 35.5. The Morgan fingerprint density at radius 2 is 1.90 bits per heavy atom. The molecule has 1 atom stereocenters. The molecule has 1 aromatic carbocycles. The first-order valence-electron chi connectivity index (χ1n) is 9.11. The van der Waals surface area contributed by atoms with Gasteiger partial charge in [0.05, 0.1) is 5.56 Å². The molecule has 166 valence electrons. The molecule has 0 radical (unpaired) electrons. The SMILES string of the molecule is CN(C(=O)CCC1CCNC1)c1ccc(Oc2ccc(C(F)(F)F)cn2)cc1.Cl.Cl. The standard InChI is InChI=1S/C20H22F3N3O2.2ClH/c1-26(19(27)9-2-14-10-11-24-12-14)16-4-6-17(7-5-16)28-18-8-3-15(13-25-18)20(21,22)23;;/h3-8,13-14,24H,2,9-12H2,1H3;2*1H. The van der Waals surface area contributed by atoms with Gasteiger partial charge in [0.25, 0.3) is 0 Å². The number of rotatable bonds is 6. The van der Waals surface area contributed by atoms with E-state index in [4.69, 9.17) is 4.74 Å².